The van der Waals surface area contributed by atoms with Crippen LogP contribution in [0.25, 0.3) is 11.0 Å². The number of aromatic nitrogens is 2. The van der Waals surface area contributed by atoms with Crippen molar-refractivity contribution < 1.29 is 9.59 Å². The van der Waals surface area contributed by atoms with Crippen LogP contribution < -0.4 is 11.0 Å². The summed E-state index contributed by atoms with van der Waals surface area (Å²) in [5.41, 5.74) is 1.76. The van der Waals surface area contributed by atoms with E-state index in [1.54, 1.807) is 18.2 Å². The van der Waals surface area contributed by atoms with Crippen LogP contribution in [-0.4, -0.2) is 63.8 Å². The van der Waals surface area contributed by atoms with Gasteiger partial charge in [0, 0.05) is 24.7 Å². The first-order valence-corrected chi connectivity index (χ1v) is 11.1. The quantitative estimate of drug-likeness (QED) is 0.716. The first-order chi connectivity index (χ1) is 14.5. The number of nitrogens with one attached hydrogen (secondary N) is 3. The standard InChI is InChI=1S/C22H31N5O3/c1-15(20(28)23-17-6-7-18-19(14-17)25-22(30)24-18)26-12-8-16(9-13-26)21(29)27-10-4-2-3-5-11-27/h6-7,14-16H,2-5,8-13H2,1H3,(H,23,28)(H2,24,25,30). The lowest BCUT2D eigenvalue weighted by Crippen LogP contribution is -2.48. The zero-order valence-corrected chi connectivity index (χ0v) is 17.6. The number of aromatic amines is 2. The van der Waals surface area contributed by atoms with Crippen molar-refractivity contribution >= 4 is 28.5 Å². The smallest absolute Gasteiger partial charge is 0.323 e. The van der Waals surface area contributed by atoms with Gasteiger partial charge in [0.05, 0.1) is 17.1 Å². The third-order valence-electron chi connectivity index (χ3n) is 6.51. The number of fused-ring (bicyclic) bond motifs is 1. The van der Waals surface area contributed by atoms with Gasteiger partial charge in [-0.1, -0.05) is 12.8 Å². The summed E-state index contributed by atoms with van der Waals surface area (Å²) in [6, 6.07) is 5.03. The van der Waals surface area contributed by atoms with E-state index in [4.69, 9.17) is 0 Å². The average molecular weight is 414 g/mol. The number of likely N-dealkylation sites (tertiary alicyclic amines) is 2. The maximum absolute atomic E-state index is 12.9. The molecule has 0 radical (unpaired) electrons. The van der Waals surface area contributed by atoms with Crippen molar-refractivity contribution in [2.24, 2.45) is 5.92 Å². The molecule has 1 atom stereocenters. The summed E-state index contributed by atoms with van der Waals surface area (Å²) >= 11 is 0. The minimum Gasteiger partial charge on any atom is -0.342 e. The van der Waals surface area contributed by atoms with E-state index in [1.165, 1.54) is 12.8 Å². The fraction of sp³-hybridized carbons (Fsp3) is 0.591. The fourth-order valence-corrected chi connectivity index (χ4v) is 4.61. The van der Waals surface area contributed by atoms with Crippen molar-refractivity contribution in [3.8, 4) is 0 Å². The van der Waals surface area contributed by atoms with Crippen molar-refractivity contribution in [1.29, 1.82) is 0 Å². The van der Waals surface area contributed by atoms with E-state index in [9.17, 15) is 14.4 Å². The van der Waals surface area contributed by atoms with Gasteiger partial charge >= 0.3 is 5.69 Å². The van der Waals surface area contributed by atoms with Crippen molar-refractivity contribution in [2.75, 3.05) is 31.5 Å². The van der Waals surface area contributed by atoms with E-state index in [-0.39, 0.29) is 23.6 Å². The Morgan fingerprint density at radius 2 is 1.67 bits per heavy atom. The lowest BCUT2D eigenvalue weighted by molar-refractivity contribution is -0.137. The van der Waals surface area contributed by atoms with Gasteiger partial charge in [-0.25, -0.2) is 4.79 Å². The SMILES string of the molecule is CC(C(=O)Nc1ccc2[nH]c(=O)[nH]c2c1)N1CCC(C(=O)N2CCCCCC2)CC1. The van der Waals surface area contributed by atoms with Gasteiger partial charge in [-0.3, -0.25) is 14.5 Å². The van der Waals surface area contributed by atoms with E-state index in [0.717, 1.165) is 51.9 Å². The fourth-order valence-electron chi connectivity index (χ4n) is 4.61. The minimum absolute atomic E-state index is 0.0791. The van der Waals surface area contributed by atoms with Gasteiger partial charge in [0.25, 0.3) is 0 Å². The van der Waals surface area contributed by atoms with Gasteiger partial charge in [0.15, 0.2) is 0 Å². The monoisotopic (exact) mass is 413 g/mol. The summed E-state index contributed by atoms with van der Waals surface area (Å²) in [4.78, 5) is 46.6. The molecule has 2 aliphatic rings. The minimum atomic E-state index is -0.278. The predicted molar refractivity (Wildman–Crippen MR) is 116 cm³/mol. The summed E-state index contributed by atoms with van der Waals surface area (Å²) in [6.07, 6.45) is 6.30. The number of carbonyl (C=O) groups excluding carboxylic acids is 2. The molecule has 1 aromatic heterocycles. The molecule has 2 aromatic rings. The van der Waals surface area contributed by atoms with E-state index < -0.39 is 0 Å². The molecule has 1 unspecified atom stereocenters. The highest BCUT2D eigenvalue weighted by Gasteiger charge is 2.32. The number of hydrogen-bond acceptors (Lipinski definition) is 4. The highest BCUT2D eigenvalue weighted by Crippen LogP contribution is 2.23. The molecule has 2 amide bonds. The van der Waals surface area contributed by atoms with Crippen LogP contribution in [0.2, 0.25) is 0 Å². The lowest BCUT2D eigenvalue weighted by Gasteiger charge is -2.36. The molecule has 2 aliphatic heterocycles. The first-order valence-electron chi connectivity index (χ1n) is 11.1. The average Bonchev–Trinajstić information content (AvgIpc) is 2.94. The second-order valence-electron chi connectivity index (χ2n) is 8.55. The molecule has 162 valence electrons. The zero-order chi connectivity index (χ0) is 21.1. The lowest BCUT2D eigenvalue weighted by atomic mass is 9.94. The van der Waals surface area contributed by atoms with E-state index in [0.29, 0.717) is 22.6 Å². The van der Waals surface area contributed by atoms with Crippen LogP contribution >= 0.6 is 0 Å². The molecule has 2 saturated heterocycles. The molecule has 0 aliphatic carbocycles. The maximum Gasteiger partial charge on any atom is 0.323 e. The molecule has 8 heteroatoms. The normalized spacial score (nSPS) is 20.1. The van der Waals surface area contributed by atoms with Crippen LogP contribution in [-0.2, 0) is 9.59 Å². The van der Waals surface area contributed by atoms with Crippen molar-refractivity contribution in [3.05, 3.63) is 28.7 Å². The van der Waals surface area contributed by atoms with Crippen LogP contribution in [0, 0.1) is 5.92 Å². The Labute approximate surface area is 176 Å². The number of H-pyrrole nitrogens is 2. The topological polar surface area (TPSA) is 101 Å². The van der Waals surface area contributed by atoms with Gasteiger partial charge < -0.3 is 20.2 Å². The Bertz CT molecular complexity index is 949. The van der Waals surface area contributed by atoms with E-state index >= 15 is 0 Å². The second kappa shape index (κ2) is 9.04. The van der Waals surface area contributed by atoms with Gasteiger partial charge in [-0.15, -0.1) is 0 Å². The number of rotatable bonds is 4. The molecule has 1 aromatic carbocycles. The van der Waals surface area contributed by atoms with Gasteiger partial charge in [-0.2, -0.15) is 0 Å². The highest BCUT2D eigenvalue weighted by atomic mass is 16.2. The Balaban J connectivity index is 1.30. The third kappa shape index (κ3) is 4.59. The summed E-state index contributed by atoms with van der Waals surface area (Å²) in [5.74, 6) is 0.314. The third-order valence-corrected chi connectivity index (χ3v) is 6.51. The van der Waals surface area contributed by atoms with Crippen molar-refractivity contribution in [3.63, 3.8) is 0 Å². The predicted octanol–water partition coefficient (Wildman–Crippen LogP) is 2.30. The Hall–Kier alpha value is -2.61. The molecule has 3 heterocycles. The Morgan fingerprint density at radius 3 is 2.37 bits per heavy atom. The van der Waals surface area contributed by atoms with Gasteiger partial charge in [-0.05, 0) is 63.9 Å². The van der Waals surface area contributed by atoms with Crippen LogP contribution in [0.3, 0.4) is 0 Å². The number of carbonyl (C=O) groups is 2. The molecule has 0 saturated carbocycles. The molecule has 30 heavy (non-hydrogen) atoms. The molecular formula is C22H31N5O3. The van der Waals surface area contributed by atoms with Crippen LogP contribution in [0.4, 0.5) is 5.69 Å². The molecule has 0 bridgehead atoms. The summed E-state index contributed by atoms with van der Waals surface area (Å²) in [5, 5.41) is 2.94. The number of amides is 2. The van der Waals surface area contributed by atoms with Crippen molar-refractivity contribution in [2.45, 2.75) is 51.5 Å². The largest absolute Gasteiger partial charge is 0.342 e. The summed E-state index contributed by atoms with van der Waals surface area (Å²) in [7, 11) is 0. The molecular weight excluding hydrogens is 382 g/mol. The number of piperidine rings is 1. The zero-order valence-electron chi connectivity index (χ0n) is 17.6. The molecule has 8 nitrogen and oxygen atoms in total. The number of nitrogens with zero attached hydrogens (tertiary/aromatic N) is 2. The second-order valence-corrected chi connectivity index (χ2v) is 8.55. The van der Waals surface area contributed by atoms with Crippen LogP contribution in [0.5, 0.6) is 0 Å². The van der Waals surface area contributed by atoms with Crippen LogP contribution in [0.1, 0.15) is 45.4 Å². The van der Waals surface area contributed by atoms with E-state index in [2.05, 4.69) is 25.1 Å². The van der Waals surface area contributed by atoms with Crippen molar-refractivity contribution in [1.82, 2.24) is 19.8 Å². The Kier molecular flexibility index (Phi) is 6.22. The molecule has 0 spiro atoms. The maximum atomic E-state index is 12.9. The summed E-state index contributed by atoms with van der Waals surface area (Å²) in [6.45, 7) is 5.21. The molecule has 4 rings (SSSR count). The van der Waals surface area contributed by atoms with Gasteiger partial charge in [0.2, 0.25) is 11.8 Å². The first kappa shape index (κ1) is 20.7. The number of imidazole rings is 1. The number of hydrogen-bond donors (Lipinski definition) is 3. The number of anilines is 1. The highest BCUT2D eigenvalue weighted by molar-refractivity contribution is 5.96. The van der Waals surface area contributed by atoms with Gasteiger partial charge in [0.1, 0.15) is 0 Å². The van der Waals surface area contributed by atoms with Crippen LogP contribution in [0.15, 0.2) is 23.0 Å². The Morgan fingerprint density at radius 1 is 1.00 bits per heavy atom. The van der Waals surface area contributed by atoms with E-state index in [1.807, 2.05) is 6.92 Å². The number of benzene rings is 1. The molecule has 3 N–H and O–H groups in total. The summed E-state index contributed by atoms with van der Waals surface area (Å²) < 4.78 is 0. The molecule has 2 fully saturated rings.